The summed E-state index contributed by atoms with van der Waals surface area (Å²) < 4.78 is 7.43. The molecule has 170 valence electrons. The number of nitrogens with zero attached hydrogens (tertiary/aromatic N) is 5. The van der Waals surface area contributed by atoms with E-state index in [4.69, 9.17) is 10.5 Å². The zero-order chi connectivity index (χ0) is 23.6. The number of rotatable bonds is 7. The Hall–Kier alpha value is -3.21. The second-order valence-corrected chi connectivity index (χ2v) is 9.32. The summed E-state index contributed by atoms with van der Waals surface area (Å²) >= 11 is 3.45. The summed E-state index contributed by atoms with van der Waals surface area (Å²) in [6.45, 7) is 5.76. The number of carbonyl (C=O) groups excluding carboxylic acids is 2. The first-order valence-electron chi connectivity index (χ1n) is 9.85. The third-order valence-corrected chi connectivity index (χ3v) is 5.83. The van der Waals surface area contributed by atoms with Crippen molar-refractivity contribution in [2.45, 2.75) is 32.9 Å². The normalized spacial score (nSPS) is 13.4. The molecule has 2 atom stereocenters. The Bertz CT molecular complexity index is 1110. The Morgan fingerprint density at radius 1 is 1.28 bits per heavy atom. The molecule has 0 fully saturated rings. The highest BCUT2D eigenvalue weighted by molar-refractivity contribution is 9.10. The predicted octanol–water partition coefficient (Wildman–Crippen LogP) is 2.71. The van der Waals surface area contributed by atoms with Gasteiger partial charge in [-0.2, -0.15) is 5.10 Å². The molecule has 11 heteroatoms. The van der Waals surface area contributed by atoms with Gasteiger partial charge < -0.3 is 15.4 Å². The van der Waals surface area contributed by atoms with Gasteiger partial charge in [-0.05, 0) is 29.7 Å². The summed E-state index contributed by atoms with van der Waals surface area (Å²) in [4.78, 5) is 27.6. The number of carbonyl (C=O) groups is 2. The second-order valence-electron chi connectivity index (χ2n) is 8.46. The van der Waals surface area contributed by atoms with Gasteiger partial charge in [-0.1, -0.05) is 41.9 Å². The number of H-pyrrole nitrogens is 1. The summed E-state index contributed by atoms with van der Waals surface area (Å²) in [6.07, 6.45) is 3.29. The smallest absolute Gasteiger partial charge is 0.248 e. The minimum atomic E-state index is -1.02. The Morgan fingerprint density at radius 3 is 2.56 bits per heavy atom. The molecule has 3 aromatic rings. The van der Waals surface area contributed by atoms with E-state index in [0.29, 0.717) is 27.2 Å². The van der Waals surface area contributed by atoms with Gasteiger partial charge in [0.25, 0.3) is 0 Å². The summed E-state index contributed by atoms with van der Waals surface area (Å²) in [5.41, 5.74) is 6.96. The van der Waals surface area contributed by atoms with E-state index in [1.54, 1.807) is 43.7 Å². The molecule has 3 N–H and O–H groups in total. The SMILES string of the molecule is COc1ccc(Br)c(C(C(N)=O)N(C)C(=O)C(n2cc(-c3ccn[nH]3)nn2)C(C)(C)C)c1. The molecule has 2 amide bonds. The number of aromatic amines is 1. The quantitative estimate of drug-likeness (QED) is 0.509. The van der Waals surface area contributed by atoms with Crippen LogP contribution in [0.15, 0.2) is 41.1 Å². The third-order valence-electron chi connectivity index (χ3n) is 5.11. The average Bonchev–Trinajstić information content (AvgIpc) is 3.40. The van der Waals surface area contributed by atoms with E-state index in [9.17, 15) is 9.59 Å². The lowest BCUT2D eigenvalue weighted by Gasteiger charge is -2.35. The van der Waals surface area contributed by atoms with E-state index < -0.39 is 23.4 Å². The fourth-order valence-corrected chi connectivity index (χ4v) is 4.00. The van der Waals surface area contributed by atoms with Gasteiger partial charge in [-0.25, -0.2) is 4.68 Å². The van der Waals surface area contributed by atoms with Gasteiger partial charge in [0.1, 0.15) is 23.5 Å². The molecule has 1 aromatic carbocycles. The van der Waals surface area contributed by atoms with Crippen LogP contribution in [0.1, 0.15) is 38.4 Å². The van der Waals surface area contributed by atoms with Crippen molar-refractivity contribution < 1.29 is 14.3 Å². The van der Waals surface area contributed by atoms with Gasteiger partial charge in [0.05, 0.1) is 19.0 Å². The molecule has 0 saturated heterocycles. The summed E-state index contributed by atoms with van der Waals surface area (Å²) in [7, 11) is 3.08. The largest absolute Gasteiger partial charge is 0.497 e. The maximum absolute atomic E-state index is 13.7. The van der Waals surface area contributed by atoms with Crippen LogP contribution in [0.2, 0.25) is 0 Å². The van der Waals surface area contributed by atoms with Crippen LogP contribution in [0.5, 0.6) is 5.75 Å². The molecule has 0 saturated carbocycles. The lowest BCUT2D eigenvalue weighted by Crippen LogP contribution is -2.46. The highest BCUT2D eigenvalue weighted by Crippen LogP contribution is 2.36. The summed E-state index contributed by atoms with van der Waals surface area (Å²) in [5, 5.41) is 15.1. The van der Waals surface area contributed by atoms with Crippen LogP contribution in [-0.2, 0) is 9.59 Å². The molecule has 0 aliphatic carbocycles. The van der Waals surface area contributed by atoms with E-state index in [1.165, 1.54) is 16.7 Å². The van der Waals surface area contributed by atoms with Crippen molar-refractivity contribution in [2.75, 3.05) is 14.2 Å². The lowest BCUT2D eigenvalue weighted by molar-refractivity contribution is -0.143. The van der Waals surface area contributed by atoms with E-state index in [0.717, 1.165) is 0 Å². The van der Waals surface area contributed by atoms with Crippen LogP contribution >= 0.6 is 15.9 Å². The minimum absolute atomic E-state index is 0.336. The van der Waals surface area contributed by atoms with Gasteiger partial charge in [0.15, 0.2) is 0 Å². The molecular weight excluding hydrogens is 478 g/mol. The van der Waals surface area contributed by atoms with Crippen molar-refractivity contribution in [3.05, 3.63) is 46.7 Å². The molecule has 2 aromatic heterocycles. The van der Waals surface area contributed by atoms with Crippen molar-refractivity contribution in [3.63, 3.8) is 0 Å². The van der Waals surface area contributed by atoms with Gasteiger partial charge in [0, 0.05) is 23.3 Å². The van der Waals surface area contributed by atoms with Crippen LogP contribution < -0.4 is 10.5 Å². The number of ether oxygens (including phenoxy) is 1. The van der Waals surface area contributed by atoms with E-state index in [1.807, 2.05) is 20.8 Å². The van der Waals surface area contributed by atoms with Crippen molar-refractivity contribution in [3.8, 4) is 17.1 Å². The third kappa shape index (κ3) is 4.67. The Kier molecular flexibility index (Phi) is 6.68. The number of aromatic nitrogens is 5. The van der Waals surface area contributed by atoms with Crippen LogP contribution in [0, 0.1) is 5.41 Å². The molecule has 0 spiro atoms. The molecule has 0 radical (unpaired) electrons. The van der Waals surface area contributed by atoms with Gasteiger partial charge in [-0.15, -0.1) is 5.10 Å². The fourth-order valence-electron chi connectivity index (χ4n) is 3.54. The van der Waals surface area contributed by atoms with Crippen LogP contribution in [0.4, 0.5) is 0 Å². The van der Waals surface area contributed by atoms with Crippen LogP contribution in [0.25, 0.3) is 11.4 Å². The van der Waals surface area contributed by atoms with Crippen molar-refractivity contribution in [1.82, 2.24) is 30.1 Å². The standard InChI is InChI=1S/C21H26BrN7O3/c1-21(2,3)18(29-11-16(26-27-29)15-8-9-24-25-15)20(31)28(4)17(19(23)30)13-10-12(32-5)6-7-14(13)22/h6-11,17-18H,1-5H3,(H2,23,30)(H,24,25). The molecule has 10 nitrogen and oxygen atoms in total. The summed E-state index contributed by atoms with van der Waals surface area (Å²) in [6, 6.07) is 5.17. The number of methoxy groups -OCH3 is 1. The van der Waals surface area contributed by atoms with E-state index in [-0.39, 0.29) is 5.91 Å². The molecular formula is C21H26BrN7O3. The molecule has 0 aliphatic rings. The number of primary amides is 1. The topological polar surface area (TPSA) is 132 Å². The number of hydrogen-bond donors (Lipinski definition) is 2. The van der Waals surface area contributed by atoms with Crippen molar-refractivity contribution >= 4 is 27.7 Å². The van der Waals surface area contributed by atoms with Crippen LogP contribution in [0.3, 0.4) is 0 Å². The Labute approximate surface area is 194 Å². The number of nitrogens with two attached hydrogens (primary N) is 1. The molecule has 0 bridgehead atoms. The molecule has 0 aliphatic heterocycles. The number of benzene rings is 1. The number of likely N-dealkylation sites (N-methyl/N-ethyl adjacent to an activating group) is 1. The van der Waals surface area contributed by atoms with Crippen molar-refractivity contribution in [2.24, 2.45) is 11.1 Å². The first-order chi connectivity index (χ1) is 15.0. The van der Waals surface area contributed by atoms with Gasteiger partial charge in [0.2, 0.25) is 11.8 Å². The first kappa shape index (κ1) is 23.5. The zero-order valence-corrected chi connectivity index (χ0v) is 20.1. The van der Waals surface area contributed by atoms with E-state index >= 15 is 0 Å². The number of hydrogen-bond acceptors (Lipinski definition) is 6. The highest BCUT2D eigenvalue weighted by atomic mass is 79.9. The maximum Gasteiger partial charge on any atom is 0.248 e. The van der Waals surface area contributed by atoms with E-state index in [2.05, 4.69) is 36.4 Å². The van der Waals surface area contributed by atoms with Gasteiger partial charge in [-0.3, -0.25) is 14.7 Å². The number of nitrogens with one attached hydrogen (secondary N) is 1. The average molecular weight is 504 g/mol. The number of amides is 2. The first-order valence-corrected chi connectivity index (χ1v) is 10.6. The molecule has 3 rings (SSSR count). The maximum atomic E-state index is 13.7. The molecule has 2 heterocycles. The molecule has 2 unspecified atom stereocenters. The lowest BCUT2D eigenvalue weighted by atomic mass is 9.85. The molecule has 32 heavy (non-hydrogen) atoms. The Balaban J connectivity index is 2.01. The number of halogens is 1. The second kappa shape index (κ2) is 9.11. The Morgan fingerprint density at radius 2 is 2.00 bits per heavy atom. The van der Waals surface area contributed by atoms with Gasteiger partial charge >= 0.3 is 0 Å². The predicted molar refractivity (Wildman–Crippen MR) is 121 cm³/mol. The van der Waals surface area contributed by atoms with Crippen molar-refractivity contribution in [1.29, 1.82) is 0 Å². The summed E-state index contributed by atoms with van der Waals surface area (Å²) in [5.74, 6) is -0.459. The fraction of sp³-hybridized carbons (Fsp3) is 0.381. The van der Waals surface area contributed by atoms with Crippen LogP contribution in [-0.4, -0.2) is 56.1 Å². The highest BCUT2D eigenvalue weighted by Gasteiger charge is 2.40. The monoisotopic (exact) mass is 503 g/mol. The zero-order valence-electron chi connectivity index (χ0n) is 18.5. The minimum Gasteiger partial charge on any atom is -0.497 e.